The highest BCUT2D eigenvalue weighted by Crippen LogP contribution is 2.27. The van der Waals surface area contributed by atoms with Crippen LogP contribution in [0.5, 0.6) is 5.75 Å². The van der Waals surface area contributed by atoms with Crippen LogP contribution in [0.2, 0.25) is 0 Å². The van der Waals surface area contributed by atoms with Crippen LogP contribution in [0, 0.1) is 0 Å². The average Bonchev–Trinajstić information content (AvgIpc) is 3.04. The maximum atomic E-state index is 6.23. The Kier molecular flexibility index (Phi) is 8.15. The van der Waals surface area contributed by atoms with Gasteiger partial charge in [0, 0.05) is 20.2 Å². The Labute approximate surface area is 150 Å². The summed E-state index contributed by atoms with van der Waals surface area (Å²) in [6.07, 6.45) is 4.62. The Morgan fingerprint density at radius 3 is 2.60 bits per heavy atom. The number of likely N-dealkylation sites (tertiary alicyclic amines) is 1. The third-order valence-electron chi connectivity index (χ3n) is 4.44. The van der Waals surface area contributed by atoms with Crippen LogP contribution < -0.4 is 4.74 Å². The molecule has 0 unspecified atom stereocenters. The summed E-state index contributed by atoms with van der Waals surface area (Å²) in [6, 6.07) is 8.04. The van der Waals surface area contributed by atoms with Gasteiger partial charge in [0.2, 0.25) is 0 Å². The molecule has 25 heavy (non-hydrogen) atoms. The van der Waals surface area contributed by atoms with Gasteiger partial charge in [-0.05, 0) is 24.1 Å². The first kappa shape index (κ1) is 19.7. The molecule has 1 saturated heterocycles. The lowest BCUT2D eigenvalue weighted by Gasteiger charge is -2.32. The monoisotopic (exact) mass is 347 g/mol. The Bertz CT molecular complexity index is 531. The van der Waals surface area contributed by atoms with E-state index in [0.717, 1.165) is 30.8 Å². The normalized spacial score (nSPS) is 21.8. The molecule has 0 amide bonds. The Balaban J connectivity index is 2.02. The van der Waals surface area contributed by atoms with E-state index in [1.807, 2.05) is 36.4 Å². The molecule has 0 radical (unpaired) electrons. The van der Waals surface area contributed by atoms with Crippen LogP contribution in [0.4, 0.5) is 0 Å². The van der Waals surface area contributed by atoms with E-state index < -0.39 is 0 Å². The van der Waals surface area contributed by atoms with Crippen LogP contribution in [0.1, 0.15) is 12.0 Å². The summed E-state index contributed by atoms with van der Waals surface area (Å²) in [5.41, 5.74) is 1.12. The first-order valence-electron chi connectivity index (χ1n) is 8.56. The van der Waals surface area contributed by atoms with Gasteiger partial charge in [0.15, 0.2) is 0 Å². The molecule has 0 bridgehead atoms. The standard InChI is InChI=1S/C20H29NO4/c1-5-12-21-13-11-19(20(21)18(6-2)25-15-22-3)24-14-16-7-9-17(23-4)10-8-16/h5-10,18-20H,1-2,11-15H2,3-4H3/t18-,19-,20-/m0/s1. The van der Waals surface area contributed by atoms with Gasteiger partial charge in [-0.15, -0.1) is 13.2 Å². The van der Waals surface area contributed by atoms with Crippen molar-refractivity contribution >= 4 is 0 Å². The minimum atomic E-state index is -0.150. The molecular weight excluding hydrogens is 318 g/mol. The van der Waals surface area contributed by atoms with Crippen LogP contribution >= 0.6 is 0 Å². The average molecular weight is 347 g/mol. The molecule has 0 aliphatic carbocycles. The molecule has 138 valence electrons. The molecule has 5 nitrogen and oxygen atoms in total. The summed E-state index contributed by atoms with van der Waals surface area (Å²) < 4.78 is 22.3. The lowest BCUT2D eigenvalue weighted by Crippen LogP contribution is -2.46. The van der Waals surface area contributed by atoms with Gasteiger partial charge < -0.3 is 18.9 Å². The van der Waals surface area contributed by atoms with Crippen molar-refractivity contribution in [1.82, 2.24) is 4.90 Å². The smallest absolute Gasteiger partial charge is 0.147 e. The number of hydrogen-bond acceptors (Lipinski definition) is 5. The van der Waals surface area contributed by atoms with E-state index in [1.165, 1.54) is 0 Å². The first-order chi connectivity index (χ1) is 12.2. The second-order valence-corrected chi connectivity index (χ2v) is 6.03. The van der Waals surface area contributed by atoms with Crippen molar-refractivity contribution < 1.29 is 18.9 Å². The van der Waals surface area contributed by atoms with Crippen molar-refractivity contribution in [1.29, 1.82) is 0 Å². The lowest BCUT2D eigenvalue weighted by molar-refractivity contribution is -0.0982. The van der Waals surface area contributed by atoms with E-state index >= 15 is 0 Å². The van der Waals surface area contributed by atoms with Gasteiger partial charge in [0.1, 0.15) is 12.5 Å². The molecule has 5 heteroatoms. The van der Waals surface area contributed by atoms with Crippen molar-refractivity contribution in [3.8, 4) is 5.75 Å². The molecule has 0 saturated carbocycles. The van der Waals surface area contributed by atoms with Gasteiger partial charge in [-0.25, -0.2) is 0 Å². The Morgan fingerprint density at radius 1 is 1.24 bits per heavy atom. The van der Waals surface area contributed by atoms with Crippen molar-refractivity contribution in [3.05, 3.63) is 55.1 Å². The van der Waals surface area contributed by atoms with E-state index in [1.54, 1.807) is 14.2 Å². The molecule has 1 fully saturated rings. The first-order valence-corrected chi connectivity index (χ1v) is 8.56. The van der Waals surface area contributed by atoms with Crippen LogP contribution in [-0.2, 0) is 20.8 Å². The largest absolute Gasteiger partial charge is 0.497 e. The highest BCUT2D eigenvalue weighted by atomic mass is 16.7. The number of hydrogen-bond donors (Lipinski definition) is 0. The van der Waals surface area contributed by atoms with Crippen LogP contribution in [0.25, 0.3) is 0 Å². The van der Waals surface area contributed by atoms with Crippen molar-refractivity contribution in [2.45, 2.75) is 31.3 Å². The summed E-state index contributed by atoms with van der Waals surface area (Å²) in [4.78, 5) is 2.33. The van der Waals surface area contributed by atoms with Gasteiger partial charge in [0.05, 0.1) is 32.0 Å². The highest BCUT2D eigenvalue weighted by Gasteiger charge is 2.39. The minimum absolute atomic E-state index is 0.0712. The van der Waals surface area contributed by atoms with Crippen LogP contribution in [0.15, 0.2) is 49.6 Å². The van der Waals surface area contributed by atoms with Crippen molar-refractivity contribution in [2.24, 2.45) is 0 Å². The molecule has 0 spiro atoms. The molecule has 3 atom stereocenters. The van der Waals surface area contributed by atoms with Gasteiger partial charge in [-0.1, -0.05) is 24.3 Å². The van der Waals surface area contributed by atoms with Crippen molar-refractivity contribution in [3.63, 3.8) is 0 Å². The highest BCUT2D eigenvalue weighted by molar-refractivity contribution is 5.26. The second kappa shape index (κ2) is 10.4. The molecule has 0 aromatic heterocycles. The fourth-order valence-electron chi connectivity index (χ4n) is 3.21. The zero-order chi connectivity index (χ0) is 18.1. The van der Waals surface area contributed by atoms with Gasteiger partial charge in [0.25, 0.3) is 0 Å². The van der Waals surface area contributed by atoms with Crippen LogP contribution in [0.3, 0.4) is 0 Å². The molecule has 1 aromatic carbocycles. The SMILES string of the molecule is C=CCN1CC[C@H](OCc2ccc(OC)cc2)[C@@H]1[C@H](C=C)OCOC. The van der Waals surface area contributed by atoms with Crippen LogP contribution in [-0.4, -0.2) is 57.3 Å². The predicted molar refractivity (Wildman–Crippen MR) is 98.7 cm³/mol. The van der Waals surface area contributed by atoms with Gasteiger partial charge in [-0.2, -0.15) is 0 Å². The van der Waals surface area contributed by atoms with E-state index in [9.17, 15) is 0 Å². The molecule has 2 rings (SSSR count). The number of ether oxygens (including phenoxy) is 4. The van der Waals surface area contributed by atoms with E-state index in [0.29, 0.717) is 6.61 Å². The van der Waals surface area contributed by atoms with Gasteiger partial charge in [-0.3, -0.25) is 4.90 Å². The molecule has 1 heterocycles. The summed E-state index contributed by atoms with van der Waals surface area (Å²) >= 11 is 0. The van der Waals surface area contributed by atoms with Crippen molar-refractivity contribution in [2.75, 3.05) is 34.1 Å². The zero-order valence-electron chi connectivity index (χ0n) is 15.2. The maximum Gasteiger partial charge on any atom is 0.147 e. The Hall–Kier alpha value is -1.66. The quantitative estimate of drug-likeness (QED) is 0.455. The molecular formula is C20H29NO4. The fraction of sp³-hybridized carbons (Fsp3) is 0.500. The maximum absolute atomic E-state index is 6.23. The topological polar surface area (TPSA) is 40.2 Å². The summed E-state index contributed by atoms with van der Waals surface area (Å²) in [5.74, 6) is 0.847. The van der Waals surface area contributed by atoms with Gasteiger partial charge >= 0.3 is 0 Å². The molecule has 1 aliphatic heterocycles. The molecule has 0 N–H and O–H groups in total. The zero-order valence-corrected chi connectivity index (χ0v) is 15.2. The minimum Gasteiger partial charge on any atom is -0.497 e. The Morgan fingerprint density at radius 2 is 2.00 bits per heavy atom. The number of methoxy groups -OCH3 is 2. The van der Waals surface area contributed by atoms with E-state index in [-0.39, 0.29) is 25.0 Å². The number of nitrogens with zero attached hydrogens (tertiary/aromatic N) is 1. The molecule has 1 aliphatic rings. The third-order valence-corrected chi connectivity index (χ3v) is 4.44. The summed E-state index contributed by atoms with van der Waals surface area (Å²) in [7, 11) is 3.28. The number of benzene rings is 1. The predicted octanol–water partition coefficient (Wildman–Crippen LogP) is 3.02. The second-order valence-electron chi connectivity index (χ2n) is 6.03. The fourth-order valence-corrected chi connectivity index (χ4v) is 3.21. The van der Waals surface area contributed by atoms with E-state index in [2.05, 4.69) is 18.1 Å². The van der Waals surface area contributed by atoms with E-state index in [4.69, 9.17) is 18.9 Å². The summed E-state index contributed by atoms with van der Waals surface area (Å²) in [5, 5.41) is 0. The number of rotatable bonds is 11. The summed E-state index contributed by atoms with van der Waals surface area (Å²) in [6.45, 7) is 10.3. The molecule has 1 aromatic rings. The lowest BCUT2D eigenvalue weighted by atomic mass is 10.1. The third kappa shape index (κ3) is 5.41.